The van der Waals surface area contributed by atoms with E-state index in [1.165, 1.54) is 23.7 Å². The molecule has 0 aliphatic heterocycles. The zero-order chi connectivity index (χ0) is 15.6. The molecule has 0 saturated heterocycles. The summed E-state index contributed by atoms with van der Waals surface area (Å²) >= 11 is 0. The fourth-order valence-electron chi connectivity index (χ4n) is 13.6. The van der Waals surface area contributed by atoms with E-state index in [0.717, 1.165) is 51.8 Å². The molecule has 13 atom stereocenters. The molecule has 10 bridgehead atoms. The quantitative estimate of drug-likeness (QED) is 0.531. The van der Waals surface area contributed by atoms with Crippen molar-refractivity contribution in [2.24, 2.45) is 75.4 Å². The second-order valence-corrected chi connectivity index (χ2v) is 12.6. The minimum Gasteiger partial charge on any atom is -0.0622 e. The number of hydrogen-bond acceptors (Lipinski definition) is 0. The van der Waals surface area contributed by atoms with Crippen LogP contribution in [0.25, 0.3) is 0 Å². The molecule has 0 aromatic rings. The van der Waals surface area contributed by atoms with Crippen LogP contribution in [0.2, 0.25) is 0 Å². The molecule has 0 nitrogen and oxygen atoms in total. The Bertz CT molecular complexity index is 665. The van der Waals surface area contributed by atoms with Crippen molar-refractivity contribution in [3.63, 3.8) is 0 Å². The lowest BCUT2D eigenvalue weighted by atomic mass is 9.13. The van der Waals surface area contributed by atoms with E-state index < -0.39 is 0 Å². The van der Waals surface area contributed by atoms with E-state index in [9.17, 15) is 0 Å². The van der Waals surface area contributed by atoms with Gasteiger partial charge in [0.1, 0.15) is 0 Å². The molecule has 0 heterocycles. The Morgan fingerprint density at radius 3 is 2.46 bits per heavy atom. The van der Waals surface area contributed by atoms with E-state index in [1.54, 1.807) is 57.8 Å². The third kappa shape index (κ3) is 0.933. The van der Waals surface area contributed by atoms with Crippen LogP contribution in [0.15, 0.2) is 0 Å². The summed E-state index contributed by atoms with van der Waals surface area (Å²) in [5.41, 5.74) is 2.45. The molecule has 24 heavy (non-hydrogen) atoms. The van der Waals surface area contributed by atoms with Crippen molar-refractivity contribution in [2.45, 2.75) is 71.6 Å². The van der Waals surface area contributed by atoms with Crippen LogP contribution in [-0.4, -0.2) is 0 Å². The van der Waals surface area contributed by atoms with Gasteiger partial charge in [0.05, 0.1) is 0 Å². The average Bonchev–Trinajstić information content (AvgIpc) is 2.56. The molecular formula is C24H34. The first-order chi connectivity index (χ1) is 11.6. The molecule has 13 unspecified atom stereocenters. The van der Waals surface area contributed by atoms with Gasteiger partial charge in [0.15, 0.2) is 0 Å². The normalized spacial score (nSPS) is 78.2. The zero-order valence-electron chi connectivity index (χ0n) is 15.6. The van der Waals surface area contributed by atoms with Gasteiger partial charge in [-0.25, -0.2) is 0 Å². The Balaban J connectivity index is 1.52. The lowest BCUT2D eigenvalue weighted by Gasteiger charge is -2.91. The monoisotopic (exact) mass is 322 g/mol. The van der Waals surface area contributed by atoms with Gasteiger partial charge >= 0.3 is 0 Å². The highest BCUT2D eigenvalue weighted by atomic mass is 14.9. The summed E-state index contributed by atoms with van der Waals surface area (Å²) in [6.45, 7) is 5.59. The largest absolute Gasteiger partial charge is 0.0622 e. The smallest absolute Gasteiger partial charge is 0.0145 e. The second-order valence-electron chi connectivity index (χ2n) is 12.6. The Morgan fingerprint density at radius 1 is 0.750 bits per heavy atom. The fraction of sp³-hybridized carbons (Fsp3) is 1.00. The van der Waals surface area contributed by atoms with Crippen molar-refractivity contribution in [1.29, 1.82) is 0 Å². The molecule has 0 amide bonds. The third-order valence-electron chi connectivity index (χ3n) is 13.0. The molecule has 10 aliphatic carbocycles. The van der Waals surface area contributed by atoms with Gasteiger partial charge in [0, 0.05) is 0 Å². The maximum absolute atomic E-state index is 2.87. The SMILES string of the molecule is CC1CC2C3CC4CC2C25CC6CC(C7CCC3(C)C2(C4)C7C6)C15. The van der Waals surface area contributed by atoms with Crippen molar-refractivity contribution < 1.29 is 0 Å². The summed E-state index contributed by atoms with van der Waals surface area (Å²) in [4.78, 5) is 0. The third-order valence-corrected chi connectivity index (χ3v) is 13.0. The fourth-order valence-corrected chi connectivity index (χ4v) is 13.6. The second kappa shape index (κ2) is 3.43. The highest BCUT2D eigenvalue weighted by molar-refractivity contribution is 5.34. The minimum atomic E-state index is 0.762. The molecule has 10 rings (SSSR count). The predicted molar refractivity (Wildman–Crippen MR) is 95.1 cm³/mol. The van der Waals surface area contributed by atoms with Gasteiger partial charge in [0.25, 0.3) is 0 Å². The van der Waals surface area contributed by atoms with Crippen LogP contribution in [0.5, 0.6) is 0 Å². The Hall–Kier alpha value is 0. The molecule has 2 spiro atoms. The number of rotatable bonds is 0. The molecule has 0 radical (unpaired) electrons. The van der Waals surface area contributed by atoms with Gasteiger partial charge in [-0.05, 0) is 133 Å². The van der Waals surface area contributed by atoms with E-state index in [1.807, 2.05) is 0 Å². The minimum absolute atomic E-state index is 0.762. The summed E-state index contributed by atoms with van der Waals surface area (Å²) in [5, 5.41) is 0. The lowest BCUT2D eigenvalue weighted by molar-refractivity contribution is -0.429. The highest BCUT2D eigenvalue weighted by Gasteiger charge is 2.86. The van der Waals surface area contributed by atoms with Crippen LogP contribution in [0.1, 0.15) is 71.6 Å². The summed E-state index contributed by atoms with van der Waals surface area (Å²) < 4.78 is 0. The van der Waals surface area contributed by atoms with Crippen molar-refractivity contribution in [1.82, 2.24) is 0 Å². The predicted octanol–water partition coefficient (Wildman–Crippen LogP) is 5.77. The van der Waals surface area contributed by atoms with E-state index >= 15 is 0 Å². The summed E-state index contributed by atoms with van der Waals surface area (Å²) in [6, 6.07) is 0. The zero-order valence-corrected chi connectivity index (χ0v) is 15.6. The summed E-state index contributed by atoms with van der Waals surface area (Å²) in [6.07, 6.45) is 15.0. The summed E-state index contributed by atoms with van der Waals surface area (Å²) in [5.74, 6) is 11.6. The van der Waals surface area contributed by atoms with Crippen LogP contribution in [0.3, 0.4) is 0 Å². The molecule has 10 saturated carbocycles. The van der Waals surface area contributed by atoms with Crippen LogP contribution in [0, 0.1) is 75.4 Å². The topological polar surface area (TPSA) is 0 Å². The molecule has 0 heteroatoms. The maximum atomic E-state index is 2.87. The molecular weight excluding hydrogens is 288 g/mol. The van der Waals surface area contributed by atoms with Gasteiger partial charge in [0.2, 0.25) is 0 Å². The Kier molecular flexibility index (Phi) is 1.89. The molecule has 0 aromatic carbocycles. The maximum Gasteiger partial charge on any atom is -0.0145 e. The van der Waals surface area contributed by atoms with Crippen molar-refractivity contribution in [3.8, 4) is 0 Å². The van der Waals surface area contributed by atoms with Crippen LogP contribution in [-0.2, 0) is 0 Å². The Labute approximate surface area is 147 Å². The average molecular weight is 323 g/mol. The first-order valence-electron chi connectivity index (χ1n) is 11.6. The molecule has 10 aliphatic rings. The van der Waals surface area contributed by atoms with Crippen molar-refractivity contribution >= 4 is 0 Å². The van der Waals surface area contributed by atoms with Gasteiger partial charge < -0.3 is 0 Å². The van der Waals surface area contributed by atoms with Gasteiger partial charge in [-0.1, -0.05) is 13.8 Å². The molecule has 0 N–H and O–H groups in total. The molecule has 0 aromatic heterocycles. The van der Waals surface area contributed by atoms with E-state index in [2.05, 4.69) is 13.8 Å². The standard InChI is InChI=1S/C24H34/c1-12-5-17-18-7-14-8-19(17)23-10-13-6-16(21(12)23)15-3-4-22(18,2)24(23,11-14)20(15)9-13/h12-21H,3-11H2,1-2H3. The van der Waals surface area contributed by atoms with Crippen molar-refractivity contribution in [3.05, 3.63) is 0 Å². The summed E-state index contributed by atoms with van der Waals surface area (Å²) in [7, 11) is 0. The Morgan fingerprint density at radius 2 is 1.54 bits per heavy atom. The lowest BCUT2D eigenvalue weighted by Crippen LogP contribution is -2.85. The van der Waals surface area contributed by atoms with E-state index in [0.29, 0.717) is 0 Å². The van der Waals surface area contributed by atoms with Gasteiger partial charge in [-0.2, -0.15) is 0 Å². The van der Waals surface area contributed by atoms with E-state index in [4.69, 9.17) is 0 Å². The van der Waals surface area contributed by atoms with Crippen molar-refractivity contribution in [2.75, 3.05) is 0 Å². The van der Waals surface area contributed by atoms with Crippen LogP contribution < -0.4 is 0 Å². The van der Waals surface area contributed by atoms with Crippen LogP contribution in [0.4, 0.5) is 0 Å². The van der Waals surface area contributed by atoms with Gasteiger partial charge in [-0.15, -0.1) is 0 Å². The highest BCUT2D eigenvalue weighted by Crippen LogP contribution is 2.93. The molecule has 130 valence electrons. The van der Waals surface area contributed by atoms with Gasteiger partial charge in [-0.3, -0.25) is 0 Å². The first kappa shape index (κ1) is 13.2. The number of hydrogen-bond donors (Lipinski definition) is 0. The molecule has 10 fully saturated rings. The first-order valence-corrected chi connectivity index (χ1v) is 11.6. The van der Waals surface area contributed by atoms with E-state index in [-0.39, 0.29) is 0 Å². The van der Waals surface area contributed by atoms with Crippen LogP contribution >= 0.6 is 0 Å².